The van der Waals surface area contributed by atoms with E-state index in [9.17, 15) is 9.59 Å². The van der Waals surface area contributed by atoms with Crippen LogP contribution >= 0.6 is 0 Å². The summed E-state index contributed by atoms with van der Waals surface area (Å²) >= 11 is 0. The minimum absolute atomic E-state index is 0.0106. The van der Waals surface area contributed by atoms with Crippen LogP contribution in [-0.2, 0) is 14.3 Å². The van der Waals surface area contributed by atoms with Gasteiger partial charge in [0.15, 0.2) is 0 Å². The number of carbonyl (C=O) groups is 2. The Morgan fingerprint density at radius 2 is 2.14 bits per heavy atom. The molecule has 1 amide bonds. The predicted molar refractivity (Wildman–Crippen MR) is 48.8 cm³/mol. The normalized spacial score (nSPS) is 20.1. The van der Waals surface area contributed by atoms with Gasteiger partial charge < -0.3 is 14.7 Å². The number of hydrogen-bond donors (Lipinski definition) is 1. The van der Waals surface area contributed by atoms with E-state index >= 15 is 0 Å². The van der Waals surface area contributed by atoms with Crippen LogP contribution in [0.3, 0.4) is 0 Å². The first-order valence-corrected chi connectivity index (χ1v) is 4.64. The fourth-order valence-corrected chi connectivity index (χ4v) is 1.81. The summed E-state index contributed by atoms with van der Waals surface area (Å²) in [5.41, 5.74) is 0. The topological polar surface area (TPSA) is 66.8 Å². The maximum absolute atomic E-state index is 11.0. The maximum atomic E-state index is 11.0. The summed E-state index contributed by atoms with van der Waals surface area (Å²) in [4.78, 5) is 22.7. The summed E-state index contributed by atoms with van der Waals surface area (Å²) in [5.74, 6) is -0.928. The number of aliphatic carboxylic acids is 1. The van der Waals surface area contributed by atoms with Crippen LogP contribution in [0.5, 0.6) is 0 Å². The smallest absolute Gasteiger partial charge is 0.326 e. The van der Waals surface area contributed by atoms with Crippen molar-refractivity contribution in [1.29, 1.82) is 0 Å². The van der Waals surface area contributed by atoms with E-state index in [0.717, 1.165) is 0 Å². The van der Waals surface area contributed by atoms with Gasteiger partial charge in [-0.05, 0) is 18.8 Å². The molecule has 14 heavy (non-hydrogen) atoms. The number of carboxylic acid groups (broad SMARTS) is 1. The third-order valence-corrected chi connectivity index (χ3v) is 2.57. The van der Waals surface area contributed by atoms with Gasteiger partial charge in [-0.3, -0.25) is 4.79 Å². The SMILES string of the molecule is CN(C=O)C(C(=O)O)C1CCOCC1. The van der Waals surface area contributed by atoms with E-state index in [-0.39, 0.29) is 5.92 Å². The second-order valence-electron chi connectivity index (χ2n) is 3.50. The summed E-state index contributed by atoms with van der Waals surface area (Å²) in [6.45, 7) is 1.17. The molecule has 0 aromatic rings. The molecule has 1 aliphatic rings. The van der Waals surface area contributed by atoms with Gasteiger partial charge in [-0.1, -0.05) is 0 Å². The first-order chi connectivity index (χ1) is 6.66. The van der Waals surface area contributed by atoms with Gasteiger partial charge in [0, 0.05) is 20.3 Å². The fraction of sp³-hybridized carbons (Fsp3) is 0.778. The summed E-state index contributed by atoms with van der Waals surface area (Å²) < 4.78 is 5.14. The quantitative estimate of drug-likeness (QED) is 0.648. The highest BCUT2D eigenvalue weighted by molar-refractivity contribution is 5.76. The molecule has 0 spiro atoms. The van der Waals surface area contributed by atoms with Crippen molar-refractivity contribution in [1.82, 2.24) is 4.90 Å². The molecule has 1 saturated heterocycles. The highest BCUT2D eigenvalue weighted by Crippen LogP contribution is 2.21. The van der Waals surface area contributed by atoms with E-state index in [1.165, 1.54) is 11.9 Å². The van der Waals surface area contributed by atoms with E-state index in [1.807, 2.05) is 0 Å². The lowest BCUT2D eigenvalue weighted by Gasteiger charge is -2.31. The van der Waals surface area contributed by atoms with Gasteiger partial charge in [0.05, 0.1) is 0 Å². The Bertz CT molecular complexity index is 213. The van der Waals surface area contributed by atoms with Gasteiger partial charge in [-0.15, -0.1) is 0 Å². The van der Waals surface area contributed by atoms with Crippen LogP contribution in [0.1, 0.15) is 12.8 Å². The molecule has 80 valence electrons. The molecule has 0 bridgehead atoms. The second kappa shape index (κ2) is 4.95. The van der Waals surface area contributed by atoms with Crippen LogP contribution in [0.2, 0.25) is 0 Å². The molecule has 1 heterocycles. The zero-order valence-electron chi connectivity index (χ0n) is 8.18. The van der Waals surface area contributed by atoms with E-state index < -0.39 is 12.0 Å². The predicted octanol–water partition coefficient (Wildman–Crippen LogP) is -0.0456. The minimum atomic E-state index is -0.938. The Morgan fingerprint density at radius 1 is 1.57 bits per heavy atom. The van der Waals surface area contributed by atoms with Crippen LogP contribution in [0.4, 0.5) is 0 Å². The molecule has 1 aliphatic heterocycles. The van der Waals surface area contributed by atoms with E-state index in [0.29, 0.717) is 32.5 Å². The van der Waals surface area contributed by atoms with Crippen molar-refractivity contribution in [3.05, 3.63) is 0 Å². The number of rotatable bonds is 4. The maximum Gasteiger partial charge on any atom is 0.326 e. The molecule has 0 aliphatic carbocycles. The standard InChI is InChI=1S/C9H15NO4/c1-10(6-11)8(9(12)13)7-2-4-14-5-3-7/h6-8H,2-5H2,1H3,(H,12,13). The number of carbonyl (C=O) groups excluding carboxylic acids is 1. The Labute approximate surface area is 82.6 Å². The van der Waals surface area contributed by atoms with Gasteiger partial charge in [-0.2, -0.15) is 0 Å². The largest absolute Gasteiger partial charge is 0.480 e. The van der Waals surface area contributed by atoms with E-state index in [4.69, 9.17) is 9.84 Å². The Kier molecular flexibility index (Phi) is 3.88. The van der Waals surface area contributed by atoms with Gasteiger partial charge >= 0.3 is 5.97 Å². The Balaban J connectivity index is 2.65. The monoisotopic (exact) mass is 201 g/mol. The molecule has 0 aromatic carbocycles. The molecule has 1 N–H and O–H groups in total. The van der Waals surface area contributed by atoms with Crippen molar-refractivity contribution in [2.45, 2.75) is 18.9 Å². The van der Waals surface area contributed by atoms with Crippen molar-refractivity contribution in [2.24, 2.45) is 5.92 Å². The molecule has 1 unspecified atom stereocenters. The third kappa shape index (κ3) is 2.45. The van der Waals surface area contributed by atoms with Crippen LogP contribution in [0, 0.1) is 5.92 Å². The fourth-order valence-electron chi connectivity index (χ4n) is 1.81. The van der Waals surface area contributed by atoms with Crippen molar-refractivity contribution in [2.75, 3.05) is 20.3 Å². The van der Waals surface area contributed by atoms with Gasteiger partial charge in [0.25, 0.3) is 0 Å². The molecule has 5 heteroatoms. The molecule has 5 nitrogen and oxygen atoms in total. The van der Waals surface area contributed by atoms with Gasteiger partial charge in [0.2, 0.25) is 6.41 Å². The summed E-state index contributed by atoms with van der Waals surface area (Å²) in [6, 6.07) is -0.712. The zero-order valence-corrected chi connectivity index (χ0v) is 8.18. The third-order valence-electron chi connectivity index (χ3n) is 2.57. The molecular formula is C9H15NO4. The van der Waals surface area contributed by atoms with Crippen LogP contribution in [-0.4, -0.2) is 48.7 Å². The number of ether oxygens (including phenoxy) is 1. The summed E-state index contributed by atoms with van der Waals surface area (Å²) in [6.07, 6.45) is 1.97. The summed E-state index contributed by atoms with van der Waals surface area (Å²) in [5, 5.41) is 8.99. The first-order valence-electron chi connectivity index (χ1n) is 4.64. The molecular weight excluding hydrogens is 186 g/mol. The number of likely N-dealkylation sites (N-methyl/N-ethyl adjacent to an activating group) is 1. The molecule has 0 saturated carbocycles. The van der Waals surface area contributed by atoms with Crippen molar-refractivity contribution in [3.63, 3.8) is 0 Å². The van der Waals surface area contributed by atoms with Crippen LogP contribution in [0.15, 0.2) is 0 Å². The molecule has 1 rings (SSSR count). The number of carboxylic acids is 1. The number of nitrogens with zero attached hydrogens (tertiary/aromatic N) is 1. The molecule has 0 aromatic heterocycles. The van der Waals surface area contributed by atoms with E-state index in [1.54, 1.807) is 0 Å². The molecule has 0 radical (unpaired) electrons. The summed E-state index contributed by atoms with van der Waals surface area (Å²) in [7, 11) is 1.50. The lowest BCUT2D eigenvalue weighted by atomic mass is 9.91. The van der Waals surface area contributed by atoms with Crippen molar-refractivity contribution < 1.29 is 19.4 Å². The molecule has 1 fully saturated rings. The van der Waals surface area contributed by atoms with Crippen molar-refractivity contribution >= 4 is 12.4 Å². The number of hydrogen-bond acceptors (Lipinski definition) is 3. The van der Waals surface area contributed by atoms with Crippen LogP contribution < -0.4 is 0 Å². The van der Waals surface area contributed by atoms with Crippen LogP contribution in [0.25, 0.3) is 0 Å². The van der Waals surface area contributed by atoms with Crippen molar-refractivity contribution in [3.8, 4) is 0 Å². The lowest BCUT2D eigenvalue weighted by molar-refractivity contribution is -0.149. The zero-order chi connectivity index (χ0) is 10.6. The van der Waals surface area contributed by atoms with Gasteiger partial charge in [-0.25, -0.2) is 4.79 Å². The second-order valence-corrected chi connectivity index (χ2v) is 3.50. The number of amides is 1. The average molecular weight is 201 g/mol. The molecule has 1 atom stereocenters. The first kappa shape index (κ1) is 11.0. The minimum Gasteiger partial charge on any atom is -0.480 e. The lowest BCUT2D eigenvalue weighted by Crippen LogP contribution is -2.45. The average Bonchev–Trinajstić information content (AvgIpc) is 2.19. The van der Waals surface area contributed by atoms with E-state index in [2.05, 4.69) is 0 Å². The van der Waals surface area contributed by atoms with Gasteiger partial charge in [0.1, 0.15) is 6.04 Å². The highest BCUT2D eigenvalue weighted by atomic mass is 16.5. The highest BCUT2D eigenvalue weighted by Gasteiger charge is 2.32. The Morgan fingerprint density at radius 3 is 2.57 bits per heavy atom. The Hall–Kier alpha value is -1.10.